The van der Waals surface area contributed by atoms with Gasteiger partial charge in [-0.2, -0.15) is 0 Å². The van der Waals surface area contributed by atoms with Gasteiger partial charge >= 0.3 is 0 Å². The van der Waals surface area contributed by atoms with Crippen molar-refractivity contribution in [1.82, 2.24) is 9.97 Å². The summed E-state index contributed by atoms with van der Waals surface area (Å²) in [5.41, 5.74) is 2.05. The Bertz CT molecular complexity index is 1130. The maximum Gasteiger partial charge on any atom is 0.186 e. The van der Waals surface area contributed by atoms with E-state index in [1.165, 1.54) is 4.70 Å². The molecule has 5 rings (SSSR count). The van der Waals surface area contributed by atoms with Crippen LogP contribution in [-0.2, 0) is 0 Å². The Morgan fingerprint density at radius 2 is 1.46 bits per heavy atom. The van der Waals surface area contributed by atoms with Gasteiger partial charge in [0.25, 0.3) is 0 Å². The van der Waals surface area contributed by atoms with Gasteiger partial charge in [-0.25, -0.2) is 9.97 Å². The molecule has 2 aromatic heterocycles. The molecule has 0 aliphatic carbocycles. The molecule has 1 aliphatic rings. The third kappa shape index (κ3) is 3.38. The first-order valence-corrected chi connectivity index (χ1v) is 11.3. The van der Waals surface area contributed by atoms with E-state index in [-0.39, 0.29) is 0 Å². The SMILES string of the molecule is CCOc1ccc2nc(N3CCN(c4nc5ccc(Cl)cc5s4)CC3)sc2c1. The van der Waals surface area contributed by atoms with Crippen molar-refractivity contribution in [2.24, 2.45) is 0 Å². The molecule has 3 heterocycles. The number of rotatable bonds is 4. The molecule has 0 radical (unpaired) electrons. The molecule has 0 bridgehead atoms. The van der Waals surface area contributed by atoms with Crippen molar-refractivity contribution in [1.29, 1.82) is 0 Å². The predicted octanol–water partition coefficient (Wildman–Crippen LogP) is 5.28. The maximum atomic E-state index is 6.11. The summed E-state index contributed by atoms with van der Waals surface area (Å²) in [6.45, 7) is 6.43. The molecule has 0 N–H and O–H groups in total. The summed E-state index contributed by atoms with van der Waals surface area (Å²) >= 11 is 9.55. The Labute approximate surface area is 176 Å². The standard InChI is InChI=1S/C20H19ClN4OS2/c1-2-26-14-4-6-16-18(12-14)28-20(23-16)25-9-7-24(8-10-25)19-22-15-5-3-13(21)11-17(15)27-19/h3-6,11-12H,2,7-10H2,1H3. The topological polar surface area (TPSA) is 41.5 Å². The Balaban J connectivity index is 1.31. The van der Waals surface area contributed by atoms with E-state index >= 15 is 0 Å². The fraction of sp³-hybridized carbons (Fsp3) is 0.300. The molecule has 0 saturated carbocycles. The highest BCUT2D eigenvalue weighted by molar-refractivity contribution is 7.22. The van der Waals surface area contributed by atoms with Crippen LogP contribution in [-0.4, -0.2) is 42.8 Å². The van der Waals surface area contributed by atoms with E-state index in [1.54, 1.807) is 22.7 Å². The van der Waals surface area contributed by atoms with Gasteiger partial charge in [0.1, 0.15) is 5.75 Å². The molecule has 0 atom stereocenters. The van der Waals surface area contributed by atoms with Crippen molar-refractivity contribution < 1.29 is 4.74 Å². The molecule has 0 amide bonds. The van der Waals surface area contributed by atoms with Gasteiger partial charge in [0.15, 0.2) is 10.3 Å². The third-order valence-electron chi connectivity index (χ3n) is 4.82. The molecule has 4 aromatic rings. The minimum atomic E-state index is 0.678. The van der Waals surface area contributed by atoms with Crippen LogP contribution in [0.1, 0.15) is 6.92 Å². The Hall–Kier alpha value is -2.09. The second-order valence-electron chi connectivity index (χ2n) is 6.64. The van der Waals surface area contributed by atoms with E-state index in [0.29, 0.717) is 6.61 Å². The Morgan fingerprint density at radius 3 is 2.07 bits per heavy atom. The van der Waals surface area contributed by atoms with Gasteiger partial charge in [0.2, 0.25) is 0 Å². The van der Waals surface area contributed by atoms with Crippen molar-refractivity contribution in [2.45, 2.75) is 6.92 Å². The number of nitrogens with zero attached hydrogens (tertiary/aromatic N) is 4. The molecule has 1 fully saturated rings. The lowest BCUT2D eigenvalue weighted by molar-refractivity contribution is 0.341. The number of aromatic nitrogens is 2. The van der Waals surface area contributed by atoms with Crippen LogP contribution < -0.4 is 14.5 Å². The first-order valence-electron chi connectivity index (χ1n) is 9.29. The van der Waals surface area contributed by atoms with E-state index in [1.807, 2.05) is 37.3 Å². The number of benzene rings is 2. The summed E-state index contributed by atoms with van der Waals surface area (Å²) in [4.78, 5) is 14.3. The Kier molecular flexibility index (Phi) is 4.74. The van der Waals surface area contributed by atoms with E-state index in [2.05, 4.69) is 15.9 Å². The van der Waals surface area contributed by atoms with Crippen molar-refractivity contribution in [2.75, 3.05) is 42.6 Å². The number of hydrogen-bond acceptors (Lipinski definition) is 7. The number of halogens is 1. The second-order valence-corrected chi connectivity index (χ2v) is 9.10. The zero-order chi connectivity index (χ0) is 19.1. The molecule has 28 heavy (non-hydrogen) atoms. The largest absolute Gasteiger partial charge is 0.494 e. The number of thiazole rings is 2. The van der Waals surface area contributed by atoms with Crippen molar-refractivity contribution >= 4 is 65.0 Å². The normalized spacial score (nSPS) is 14.9. The minimum Gasteiger partial charge on any atom is -0.494 e. The van der Waals surface area contributed by atoms with Crippen LogP contribution in [0.4, 0.5) is 10.3 Å². The Morgan fingerprint density at radius 1 is 0.893 bits per heavy atom. The molecule has 8 heteroatoms. The number of anilines is 2. The highest BCUT2D eigenvalue weighted by Gasteiger charge is 2.22. The van der Waals surface area contributed by atoms with E-state index in [9.17, 15) is 0 Å². The number of ether oxygens (including phenoxy) is 1. The predicted molar refractivity (Wildman–Crippen MR) is 120 cm³/mol. The highest BCUT2D eigenvalue weighted by atomic mass is 35.5. The quantitative estimate of drug-likeness (QED) is 0.440. The van der Waals surface area contributed by atoms with Crippen LogP contribution in [0, 0.1) is 0 Å². The second kappa shape index (κ2) is 7.39. The maximum absolute atomic E-state index is 6.11. The van der Waals surface area contributed by atoms with Crippen molar-refractivity contribution in [3.8, 4) is 5.75 Å². The van der Waals surface area contributed by atoms with Crippen LogP contribution in [0.3, 0.4) is 0 Å². The minimum absolute atomic E-state index is 0.678. The van der Waals surface area contributed by atoms with Gasteiger partial charge in [-0.05, 0) is 43.3 Å². The van der Waals surface area contributed by atoms with Crippen LogP contribution >= 0.6 is 34.3 Å². The number of piperazine rings is 1. The summed E-state index contributed by atoms with van der Waals surface area (Å²) in [7, 11) is 0. The molecule has 144 valence electrons. The molecule has 1 aliphatic heterocycles. The lowest BCUT2D eigenvalue weighted by Gasteiger charge is -2.34. The molecule has 0 unspecified atom stereocenters. The fourth-order valence-electron chi connectivity index (χ4n) is 3.40. The smallest absolute Gasteiger partial charge is 0.186 e. The van der Waals surface area contributed by atoms with Gasteiger partial charge < -0.3 is 14.5 Å². The molecular weight excluding hydrogens is 412 g/mol. The third-order valence-corrected chi connectivity index (χ3v) is 7.21. The van der Waals surface area contributed by atoms with Gasteiger partial charge in [-0.1, -0.05) is 34.3 Å². The first-order chi connectivity index (χ1) is 13.7. The molecule has 1 saturated heterocycles. The van der Waals surface area contributed by atoms with E-state index in [0.717, 1.165) is 62.9 Å². The molecule has 2 aromatic carbocycles. The summed E-state index contributed by atoms with van der Waals surface area (Å²) in [5.74, 6) is 0.908. The summed E-state index contributed by atoms with van der Waals surface area (Å²) in [6.07, 6.45) is 0. The zero-order valence-electron chi connectivity index (χ0n) is 15.4. The lowest BCUT2D eigenvalue weighted by atomic mass is 10.3. The first kappa shape index (κ1) is 18.0. The van der Waals surface area contributed by atoms with Gasteiger partial charge in [-0.15, -0.1) is 0 Å². The summed E-state index contributed by atoms with van der Waals surface area (Å²) in [5, 5.41) is 2.91. The highest BCUT2D eigenvalue weighted by Crippen LogP contribution is 2.34. The fourth-order valence-corrected chi connectivity index (χ4v) is 5.73. The van der Waals surface area contributed by atoms with Crippen molar-refractivity contribution in [3.63, 3.8) is 0 Å². The molecular formula is C20H19ClN4OS2. The lowest BCUT2D eigenvalue weighted by Crippen LogP contribution is -2.46. The van der Waals surface area contributed by atoms with E-state index in [4.69, 9.17) is 26.3 Å². The van der Waals surface area contributed by atoms with Gasteiger partial charge in [0.05, 0.1) is 27.0 Å². The average Bonchev–Trinajstić information content (AvgIpc) is 3.31. The average molecular weight is 431 g/mol. The van der Waals surface area contributed by atoms with Crippen LogP contribution in [0.15, 0.2) is 36.4 Å². The van der Waals surface area contributed by atoms with E-state index < -0.39 is 0 Å². The van der Waals surface area contributed by atoms with Crippen LogP contribution in [0.25, 0.3) is 20.4 Å². The number of fused-ring (bicyclic) bond motifs is 2. The summed E-state index contributed by atoms with van der Waals surface area (Å²) < 4.78 is 7.92. The van der Waals surface area contributed by atoms with Crippen molar-refractivity contribution in [3.05, 3.63) is 41.4 Å². The number of hydrogen-bond donors (Lipinski definition) is 0. The molecule has 0 spiro atoms. The molecule has 5 nitrogen and oxygen atoms in total. The van der Waals surface area contributed by atoms with Crippen LogP contribution in [0.2, 0.25) is 5.02 Å². The zero-order valence-corrected chi connectivity index (χ0v) is 17.8. The monoisotopic (exact) mass is 430 g/mol. The van der Waals surface area contributed by atoms with Crippen LogP contribution in [0.5, 0.6) is 5.75 Å². The van der Waals surface area contributed by atoms with Gasteiger partial charge in [0, 0.05) is 31.2 Å². The summed E-state index contributed by atoms with van der Waals surface area (Å²) in [6, 6.07) is 12.0. The van der Waals surface area contributed by atoms with Gasteiger partial charge in [-0.3, -0.25) is 0 Å².